The van der Waals surface area contributed by atoms with Gasteiger partial charge in [0.25, 0.3) is 0 Å². The normalized spacial score (nSPS) is 25.7. The highest BCUT2D eigenvalue weighted by molar-refractivity contribution is 8.00. The van der Waals surface area contributed by atoms with Crippen molar-refractivity contribution in [3.05, 3.63) is 22.4 Å². The number of nitrogens with one attached hydrogen (secondary N) is 3. The van der Waals surface area contributed by atoms with Gasteiger partial charge >= 0.3 is 6.03 Å². The molecule has 2 fully saturated rings. The van der Waals surface area contributed by atoms with Crippen molar-refractivity contribution in [3.63, 3.8) is 0 Å². The Labute approximate surface area is 163 Å². The number of fused-ring (bicyclic) bond motifs is 1. The summed E-state index contributed by atoms with van der Waals surface area (Å²) in [6.07, 6.45) is 3.54. The molecule has 3 rings (SSSR count). The SMILES string of the molecule is CN(C)C(CNC(=O)CCCC[C@@H]1SC[C@@H]2NC(=O)N[C@@H]21)c1ccsc1. The molecule has 0 aliphatic carbocycles. The van der Waals surface area contributed by atoms with Gasteiger partial charge in [-0.2, -0.15) is 23.1 Å². The van der Waals surface area contributed by atoms with E-state index < -0.39 is 0 Å². The molecule has 0 radical (unpaired) electrons. The number of urea groups is 1. The lowest BCUT2D eigenvalue weighted by atomic mass is 10.0. The zero-order chi connectivity index (χ0) is 18.5. The van der Waals surface area contributed by atoms with E-state index in [9.17, 15) is 9.59 Å². The van der Waals surface area contributed by atoms with Crippen LogP contribution in [-0.4, -0.2) is 60.6 Å². The van der Waals surface area contributed by atoms with Crippen LogP contribution in [0.2, 0.25) is 0 Å². The fourth-order valence-corrected chi connectivity index (χ4v) is 5.89. The van der Waals surface area contributed by atoms with Crippen LogP contribution < -0.4 is 16.0 Å². The predicted molar refractivity (Wildman–Crippen MR) is 108 cm³/mol. The van der Waals surface area contributed by atoms with Gasteiger partial charge in [0, 0.05) is 24.0 Å². The lowest BCUT2D eigenvalue weighted by Crippen LogP contribution is -2.36. The number of amides is 3. The summed E-state index contributed by atoms with van der Waals surface area (Å²) in [5.41, 5.74) is 1.25. The van der Waals surface area contributed by atoms with Gasteiger partial charge in [-0.1, -0.05) is 6.42 Å². The van der Waals surface area contributed by atoms with Crippen LogP contribution in [-0.2, 0) is 4.79 Å². The molecule has 1 aromatic heterocycles. The van der Waals surface area contributed by atoms with Crippen molar-refractivity contribution >= 4 is 35.0 Å². The van der Waals surface area contributed by atoms with E-state index in [2.05, 4.69) is 37.7 Å². The number of rotatable bonds is 9. The van der Waals surface area contributed by atoms with Gasteiger partial charge in [-0.05, 0) is 49.3 Å². The molecule has 8 heteroatoms. The first-order chi connectivity index (χ1) is 12.5. The quantitative estimate of drug-likeness (QED) is 0.442. The number of likely N-dealkylation sites (N-methyl/N-ethyl adjacent to an activating group) is 1. The van der Waals surface area contributed by atoms with Crippen molar-refractivity contribution in [1.82, 2.24) is 20.9 Å². The minimum atomic E-state index is -0.0363. The van der Waals surface area contributed by atoms with Crippen molar-refractivity contribution in [3.8, 4) is 0 Å². The minimum absolute atomic E-state index is 0.0363. The second-order valence-electron chi connectivity index (χ2n) is 7.21. The Bertz CT molecular complexity index is 608. The Morgan fingerprint density at radius 3 is 2.96 bits per heavy atom. The van der Waals surface area contributed by atoms with Crippen LogP contribution in [0.15, 0.2) is 16.8 Å². The summed E-state index contributed by atoms with van der Waals surface area (Å²) >= 11 is 3.61. The molecule has 1 unspecified atom stereocenters. The van der Waals surface area contributed by atoms with Gasteiger partial charge in [0.05, 0.1) is 18.1 Å². The molecule has 3 heterocycles. The summed E-state index contributed by atoms with van der Waals surface area (Å²) in [6, 6.07) is 2.83. The molecule has 26 heavy (non-hydrogen) atoms. The van der Waals surface area contributed by atoms with Crippen LogP contribution in [0.4, 0.5) is 4.79 Å². The second kappa shape index (κ2) is 9.10. The van der Waals surface area contributed by atoms with Crippen molar-refractivity contribution < 1.29 is 9.59 Å². The smallest absolute Gasteiger partial charge is 0.315 e. The molecule has 4 atom stereocenters. The van der Waals surface area contributed by atoms with Crippen molar-refractivity contribution in [2.75, 3.05) is 26.4 Å². The van der Waals surface area contributed by atoms with Crippen molar-refractivity contribution in [2.45, 2.75) is 49.1 Å². The molecule has 2 saturated heterocycles. The summed E-state index contributed by atoms with van der Waals surface area (Å²) in [7, 11) is 4.08. The minimum Gasteiger partial charge on any atom is -0.354 e. The summed E-state index contributed by atoms with van der Waals surface area (Å²) in [4.78, 5) is 25.7. The van der Waals surface area contributed by atoms with Crippen LogP contribution in [0.3, 0.4) is 0 Å². The van der Waals surface area contributed by atoms with Crippen LogP contribution >= 0.6 is 23.1 Å². The van der Waals surface area contributed by atoms with E-state index in [0.29, 0.717) is 18.2 Å². The average Bonchev–Trinajstić information content (AvgIpc) is 3.30. The van der Waals surface area contributed by atoms with E-state index in [4.69, 9.17) is 0 Å². The number of hydrogen-bond donors (Lipinski definition) is 3. The third-order valence-electron chi connectivity index (χ3n) is 5.12. The highest BCUT2D eigenvalue weighted by Gasteiger charge is 2.42. The molecule has 144 valence electrons. The molecule has 1 aromatic rings. The van der Waals surface area contributed by atoms with E-state index in [0.717, 1.165) is 25.0 Å². The maximum absolute atomic E-state index is 12.2. The van der Waals surface area contributed by atoms with Crippen LogP contribution in [0.25, 0.3) is 0 Å². The largest absolute Gasteiger partial charge is 0.354 e. The number of carbonyl (C=O) groups is 2. The zero-order valence-corrected chi connectivity index (χ0v) is 17.0. The molecule has 0 aromatic carbocycles. The summed E-state index contributed by atoms with van der Waals surface area (Å²) in [5.74, 6) is 1.11. The van der Waals surface area contributed by atoms with E-state index in [1.165, 1.54) is 5.56 Å². The molecular weight excluding hydrogens is 368 g/mol. The Hall–Kier alpha value is -1.25. The lowest BCUT2D eigenvalue weighted by Gasteiger charge is -2.24. The van der Waals surface area contributed by atoms with Crippen LogP contribution in [0.5, 0.6) is 0 Å². The van der Waals surface area contributed by atoms with Gasteiger partial charge < -0.3 is 20.9 Å². The third kappa shape index (κ3) is 4.92. The number of carbonyl (C=O) groups excluding carboxylic acids is 2. The van der Waals surface area contributed by atoms with Crippen LogP contribution in [0.1, 0.15) is 37.3 Å². The summed E-state index contributed by atoms with van der Waals surface area (Å²) in [5, 5.41) is 13.7. The Kier molecular flexibility index (Phi) is 6.83. The zero-order valence-electron chi connectivity index (χ0n) is 15.4. The first kappa shape index (κ1) is 19.5. The number of thioether (sulfide) groups is 1. The monoisotopic (exact) mass is 396 g/mol. The third-order valence-corrected chi connectivity index (χ3v) is 7.33. The molecule has 0 bridgehead atoms. The standard InChI is InChI=1S/C18H28N4O2S2/c1-22(2)14(12-7-8-25-10-12)9-19-16(23)6-4-3-5-15-17-13(11-26-15)20-18(24)21-17/h7-8,10,13-15,17H,3-6,9,11H2,1-2H3,(H,19,23)(H2,20,21,24)/t13-,14?,15-,17-/m0/s1. The number of unbranched alkanes of at least 4 members (excludes halogenated alkanes) is 1. The highest BCUT2D eigenvalue weighted by atomic mass is 32.2. The molecule has 0 spiro atoms. The van der Waals surface area contributed by atoms with Gasteiger partial charge in [0.15, 0.2) is 0 Å². The molecule has 2 aliphatic heterocycles. The lowest BCUT2D eigenvalue weighted by molar-refractivity contribution is -0.121. The molecule has 6 nitrogen and oxygen atoms in total. The van der Waals surface area contributed by atoms with Gasteiger partial charge in [-0.3, -0.25) is 4.79 Å². The van der Waals surface area contributed by atoms with Crippen molar-refractivity contribution in [1.29, 1.82) is 0 Å². The maximum atomic E-state index is 12.2. The number of thiophene rings is 1. The van der Waals surface area contributed by atoms with Crippen molar-refractivity contribution in [2.24, 2.45) is 0 Å². The number of nitrogens with zero attached hydrogens (tertiary/aromatic N) is 1. The number of hydrogen-bond acceptors (Lipinski definition) is 5. The van der Waals surface area contributed by atoms with Crippen LogP contribution in [0, 0.1) is 0 Å². The van der Waals surface area contributed by atoms with Gasteiger partial charge in [0.2, 0.25) is 5.91 Å². The van der Waals surface area contributed by atoms with E-state index in [1.807, 2.05) is 25.9 Å². The van der Waals surface area contributed by atoms with Gasteiger partial charge in [0.1, 0.15) is 0 Å². The van der Waals surface area contributed by atoms with E-state index in [1.54, 1.807) is 11.3 Å². The Balaban J connectivity index is 1.32. The Morgan fingerprint density at radius 2 is 2.23 bits per heavy atom. The predicted octanol–water partition coefficient (Wildman–Crippen LogP) is 2.19. The highest BCUT2D eigenvalue weighted by Crippen LogP contribution is 2.33. The Morgan fingerprint density at radius 1 is 1.38 bits per heavy atom. The topological polar surface area (TPSA) is 73.5 Å². The van der Waals surface area contributed by atoms with Gasteiger partial charge in [-0.15, -0.1) is 0 Å². The first-order valence-corrected chi connectivity index (χ1v) is 11.2. The second-order valence-corrected chi connectivity index (χ2v) is 9.26. The summed E-state index contributed by atoms with van der Waals surface area (Å²) in [6.45, 7) is 0.641. The molecule has 0 saturated carbocycles. The molecular formula is C18H28N4O2S2. The fraction of sp³-hybridized carbons (Fsp3) is 0.667. The average molecular weight is 397 g/mol. The molecule has 3 N–H and O–H groups in total. The van der Waals surface area contributed by atoms with E-state index in [-0.39, 0.29) is 30.1 Å². The maximum Gasteiger partial charge on any atom is 0.315 e. The fourth-order valence-electron chi connectivity index (χ4n) is 3.64. The van der Waals surface area contributed by atoms with Gasteiger partial charge in [-0.25, -0.2) is 4.79 Å². The molecule has 3 amide bonds. The van der Waals surface area contributed by atoms with E-state index >= 15 is 0 Å². The molecule has 2 aliphatic rings. The first-order valence-electron chi connectivity index (χ1n) is 9.18. The summed E-state index contributed by atoms with van der Waals surface area (Å²) < 4.78 is 0.